The summed E-state index contributed by atoms with van der Waals surface area (Å²) in [7, 11) is 0. The van der Waals surface area contributed by atoms with Crippen molar-refractivity contribution in [2.75, 3.05) is 19.6 Å². The number of rotatable bonds is 7. The SMILES string of the molecule is C/C=C\CNCCCCCN. The Morgan fingerprint density at radius 2 is 2.09 bits per heavy atom. The topological polar surface area (TPSA) is 38.0 Å². The maximum Gasteiger partial charge on any atom is 0.0134 e. The maximum absolute atomic E-state index is 5.36. The normalized spacial score (nSPS) is 11.1. The van der Waals surface area contributed by atoms with Crippen LogP contribution in [0.15, 0.2) is 12.2 Å². The van der Waals surface area contributed by atoms with Crippen LogP contribution in [0, 0.1) is 0 Å². The molecule has 0 unspecified atom stereocenters. The fourth-order valence-corrected chi connectivity index (χ4v) is 0.874. The molecule has 3 N–H and O–H groups in total. The average Bonchev–Trinajstić information content (AvgIpc) is 2.03. The molecule has 0 rings (SSSR count). The lowest BCUT2D eigenvalue weighted by Crippen LogP contribution is -2.15. The summed E-state index contributed by atoms with van der Waals surface area (Å²) >= 11 is 0. The van der Waals surface area contributed by atoms with Gasteiger partial charge in [0.05, 0.1) is 0 Å². The molecule has 0 spiro atoms. The molecule has 0 aromatic rings. The van der Waals surface area contributed by atoms with Crippen molar-refractivity contribution in [3.8, 4) is 0 Å². The van der Waals surface area contributed by atoms with E-state index in [4.69, 9.17) is 5.73 Å². The minimum atomic E-state index is 0.828. The van der Waals surface area contributed by atoms with Gasteiger partial charge in [-0.25, -0.2) is 0 Å². The van der Waals surface area contributed by atoms with E-state index in [-0.39, 0.29) is 0 Å². The van der Waals surface area contributed by atoms with Crippen molar-refractivity contribution in [3.63, 3.8) is 0 Å². The summed E-state index contributed by atoms with van der Waals surface area (Å²) in [5.74, 6) is 0. The van der Waals surface area contributed by atoms with E-state index in [1.54, 1.807) is 0 Å². The highest BCUT2D eigenvalue weighted by Gasteiger charge is 1.85. The quantitative estimate of drug-likeness (QED) is 0.430. The molecular weight excluding hydrogens is 136 g/mol. The molecular formula is C9H20N2. The fourth-order valence-electron chi connectivity index (χ4n) is 0.874. The first-order valence-electron chi connectivity index (χ1n) is 4.43. The molecule has 0 aromatic carbocycles. The summed E-state index contributed by atoms with van der Waals surface area (Å²) < 4.78 is 0. The van der Waals surface area contributed by atoms with Crippen LogP contribution in [0.25, 0.3) is 0 Å². The van der Waals surface area contributed by atoms with Crippen LogP contribution in [0.2, 0.25) is 0 Å². The molecule has 0 fully saturated rings. The third kappa shape index (κ3) is 9.66. The van der Waals surface area contributed by atoms with Crippen molar-refractivity contribution in [2.45, 2.75) is 26.2 Å². The first kappa shape index (κ1) is 10.7. The molecule has 66 valence electrons. The van der Waals surface area contributed by atoms with Crippen LogP contribution < -0.4 is 11.1 Å². The Morgan fingerprint density at radius 1 is 1.27 bits per heavy atom. The molecule has 0 aromatic heterocycles. The fraction of sp³-hybridized carbons (Fsp3) is 0.778. The first-order valence-corrected chi connectivity index (χ1v) is 4.43. The van der Waals surface area contributed by atoms with E-state index in [2.05, 4.69) is 17.5 Å². The Kier molecular flexibility index (Phi) is 9.36. The third-order valence-electron chi connectivity index (χ3n) is 1.56. The monoisotopic (exact) mass is 156 g/mol. The molecule has 0 aliphatic carbocycles. The van der Waals surface area contributed by atoms with Gasteiger partial charge >= 0.3 is 0 Å². The predicted molar refractivity (Wildman–Crippen MR) is 50.6 cm³/mol. The molecule has 2 heteroatoms. The van der Waals surface area contributed by atoms with Crippen molar-refractivity contribution in [1.82, 2.24) is 5.32 Å². The van der Waals surface area contributed by atoms with Crippen LogP contribution in [-0.4, -0.2) is 19.6 Å². The van der Waals surface area contributed by atoms with Gasteiger partial charge in [-0.3, -0.25) is 0 Å². The van der Waals surface area contributed by atoms with E-state index in [0.717, 1.165) is 26.1 Å². The van der Waals surface area contributed by atoms with Crippen molar-refractivity contribution < 1.29 is 0 Å². The lowest BCUT2D eigenvalue weighted by Gasteiger charge is -1.99. The van der Waals surface area contributed by atoms with Crippen molar-refractivity contribution >= 4 is 0 Å². The summed E-state index contributed by atoms with van der Waals surface area (Å²) in [6, 6.07) is 0. The zero-order chi connectivity index (χ0) is 8.36. The summed E-state index contributed by atoms with van der Waals surface area (Å²) in [4.78, 5) is 0. The van der Waals surface area contributed by atoms with E-state index < -0.39 is 0 Å². The Bertz CT molecular complexity index is 89.6. The second kappa shape index (κ2) is 9.66. The van der Waals surface area contributed by atoms with E-state index in [9.17, 15) is 0 Å². The Morgan fingerprint density at radius 3 is 2.73 bits per heavy atom. The molecule has 0 radical (unpaired) electrons. The summed E-state index contributed by atoms with van der Waals surface area (Å²) in [5.41, 5.74) is 5.36. The van der Waals surface area contributed by atoms with E-state index in [0.29, 0.717) is 0 Å². The molecule has 0 aliphatic rings. The van der Waals surface area contributed by atoms with E-state index >= 15 is 0 Å². The smallest absolute Gasteiger partial charge is 0.0134 e. The second-order valence-corrected chi connectivity index (χ2v) is 2.62. The Hall–Kier alpha value is -0.340. The minimum Gasteiger partial charge on any atom is -0.330 e. The van der Waals surface area contributed by atoms with Crippen LogP contribution in [-0.2, 0) is 0 Å². The highest BCUT2D eigenvalue weighted by Crippen LogP contribution is 1.90. The predicted octanol–water partition coefficient (Wildman–Crippen LogP) is 1.28. The molecule has 0 amide bonds. The van der Waals surface area contributed by atoms with Gasteiger partial charge in [-0.15, -0.1) is 0 Å². The van der Waals surface area contributed by atoms with Gasteiger partial charge in [0.2, 0.25) is 0 Å². The van der Waals surface area contributed by atoms with E-state index in [1.165, 1.54) is 12.8 Å². The Balaban J connectivity index is 2.79. The summed E-state index contributed by atoms with van der Waals surface area (Å²) in [6.45, 7) is 4.98. The average molecular weight is 156 g/mol. The molecule has 0 bridgehead atoms. The molecule has 0 saturated carbocycles. The molecule has 0 saturated heterocycles. The van der Waals surface area contributed by atoms with Gasteiger partial charge in [-0.1, -0.05) is 18.6 Å². The van der Waals surface area contributed by atoms with Crippen molar-refractivity contribution in [3.05, 3.63) is 12.2 Å². The highest BCUT2D eigenvalue weighted by molar-refractivity contribution is 4.78. The molecule has 11 heavy (non-hydrogen) atoms. The number of hydrogen-bond donors (Lipinski definition) is 2. The van der Waals surface area contributed by atoms with Crippen molar-refractivity contribution in [1.29, 1.82) is 0 Å². The van der Waals surface area contributed by atoms with Crippen LogP contribution in [0.5, 0.6) is 0 Å². The van der Waals surface area contributed by atoms with Crippen molar-refractivity contribution in [2.24, 2.45) is 5.73 Å². The standard InChI is InChI=1S/C9H20N2/c1-2-3-8-11-9-6-4-5-7-10/h2-3,11H,4-10H2,1H3/b3-2-. The number of nitrogens with two attached hydrogens (primary N) is 1. The number of hydrogen-bond acceptors (Lipinski definition) is 2. The van der Waals surface area contributed by atoms with Gasteiger partial charge in [-0.05, 0) is 32.9 Å². The Labute approximate surface area is 69.9 Å². The maximum atomic E-state index is 5.36. The van der Waals surface area contributed by atoms with Crippen LogP contribution in [0.1, 0.15) is 26.2 Å². The highest BCUT2D eigenvalue weighted by atomic mass is 14.8. The molecule has 2 nitrogen and oxygen atoms in total. The molecule has 0 atom stereocenters. The molecule has 0 aliphatic heterocycles. The van der Waals surface area contributed by atoms with Gasteiger partial charge in [0.25, 0.3) is 0 Å². The number of allylic oxidation sites excluding steroid dienone is 1. The van der Waals surface area contributed by atoms with Gasteiger partial charge in [0.1, 0.15) is 0 Å². The molecule has 0 heterocycles. The van der Waals surface area contributed by atoms with Gasteiger partial charge in [-0.2, -0.15) is 0 Å². The minimum absolute atomic E-state index is 0.828. The number of nitrogens with one attached hydrogen (secondary N) is 1. The van der Waals surface area contributed by atoms with Gasteiger partial charge in [0.15, 0.2) is 0 Å². The summed E-state index contributed by atoms with van der Waals surface area (Å²) in [5, 5.41) is 3.32. The third-order valence-corrected chi connectivity index (χ3v) is 1.56. The van der Waals surface area contributed by atoms with Crippen LogP contribution in [0.4, 0.5) is 0 Å². The summed E-state index contributed by atoms with van der Waals surface area (Å²) in [6.07, 6.45) is 7.84. The largest absolute Gasteiger partial charge is 0.330 e. The number of unbranched alkanes of at least 4 members (excludes halogenated alkanes) is 2. The zero-order valence-corrected chi connectivity index (χ0v) is 7.47. The lowest BCUT2D eigenvalue weighted by molar-refractivity contribution is 0.632. The van der Waals surface area contributed by atoms with Crippen LogP contribution in [0.3, 0.4) is 0 Å². The van der Waals surface area contributed by atoms with E-state index in [1.807, 2.05) is 6.92 Å². The first-order chi connectivity index (χ1) is 5.41. The van der Waals surface area contributed by atoms with Gasteiger partial charge in [0, 0.05) is 6.54 Å². The van der Waals surface area contributed by atoms with Gasteiger partial charge < -0.3 is 11.1 Å². The zero-order valence-electron chi connectivity index (χ0n) is 7.47. The van der Waals surface area contributed by atoms with Crippen LogP contribution >= 0.6 is 0 Å². The lowest BCUT2D eigenvalue weighted by atomic mass is 10.2. The second-order valence-electron chi connectivity index (χ2n) is 2.62.